The van der Waals surface area contributed by atoms with Crippen molar-refractivity contribution in [3.8, 4) is 11.3 Å². The van der Waals surface area contributed by atoms with Crippen molar-refractivity contribution in [1.82, 2.24) is 14.3 Å². The highest BCUT2D eigenvalue weighted by Gasteiger charge is 2.21. The average molecular weight is 485 g/mol. The molecule has 174 valence electrons. The second kappa shape index (κ2) is 9.11. The Morgan fingerprint density at radius 2 is 1.51 bits per heavy atom. The van der Waals surface area contributed by atoms with E-state index in [-0.39, 0.29) is 12.1 Å². The number of rotatable bonds is 5. The fourth-order valence-electron chi connectivity index (χ4n) is 4.46. The van der Waals surface area contributed by atoms with E-state index in [1.165, 1.54) is 4.68 Å². The number of amides is 1. The van der Waals surface area contributed by atoms with Gasteiger partial charge in [-0.05, 0) is 24.6 Å². The Labute approximate surface area is 201 Å². The summed E-state index contributed by atoms with van der Waals surface area (Å²) in [6.45, 7) is 1.92. The third-order valence-electron chi connectivity index (χ3n) is 5.98. The molecule has 0 saturated carbocycles. The van der Waals surface area contributed by atoms with Gasteiger partial charge in [-0.3, -0.25) is 9.59 Å². The molecule has 0 aliphatic rings. The molecule has 0 radical (unpaired) electrons. The minimum absolute atomic E-state index is 0.193. The summed E-state index contributed by atoms with van der Waals surface area (Å²) in [6.07, 6.45) is 0. The second-order valence-corrected chi connectivity index (χ2v) is 8.73. The zero-order chi connectivity index (χ0) is 24.5. The van der Waals surface area contributed by atoms with Gasteiger partial charge in [0.2, 0.25) is 0 Å². The molecule has 2 heterocycles. The van der Waals surface area contributed by atoms with E-state index in [2.05, 4.69) is 4.36 Å². The molecule has 0 atom stereocenters. The van der Waals surface area contributed by atoms with Crippen LogP contribution in [0, 0.1) is 6.92 Å². The Balaban J connectivity index is 1.79. The number of nitrogens with zero attached hydrogens (tertiary/aromatic N) is 4. The lowest BCUT2D eigenvalue weighted by Gasteiger charge is -2.12. The van der Waals surface area contributed by atoms with Crippen LogP contribution in [-0.2, 0) is 28.4 Å². The standard InChI is InChI=1S/C26H20N4O4S/c1-17-24(21-13-7-8-14-22(21)29(17)16-23(31)28-35(33)34)25-19-11-5-6-12-20(19)26(32)30(27-25)15-18-9-3-2-4-10-18/h2-14H,15-16H2,1H3. The molecule has 3 aromatic carbocycles. The Bertz CT molecular complexity index is 1790. The largest absolute Gasteiger partial charge is 0.335 e. The first-order valence-corrected chi connectivity index (χ1v) is 11.9. The molecule has 0 spiro atoms. The summed E-state index contributed by atoms with van der Waals surface area (Å²) < 4.78 is 28.1. The minimum Gasteiger partial charge on any atom is -0.335 e. The minimum atomic E-state index is -2.82. The Hall–Kier alpha value is -4.37. The predicted molar refractivity (Wildman–Crippen MR) is 134 cm³/mol. The molecule has 1 amide bonds. The molecule has 0 aliphatic heterocycles. The van der Waals surface area contributed by atoms with Crippen LogP contribution in [0.25, 0.3) is 32.9 Å². The molecule has 0 fully saturated rings. The van der Waals surface area contributed by atoms with Crippen LogP contribution in [-0.4, -0.2) is 28.7 Å². The lowest BCUT2D eigenvalue weighted by Crippen LogP contribution is -2.24. The third-order valence-corrected chi connectivity index (χ3v) is 6.33. The predicted octanol–water partition coefficient (Wildman–Crippen LogP) is 3.96. The Kier molecular flexibility index (Phi) is 5.84. The van der Waals surface area contributed by atoms with E-state index in [0.29, 0.717) is 28.7 Å². The highest BCUT2D eigenvalue weighted by Crippen LogP contribution is 2.36. The van der Waals surface area contributed by atoms with Crippen molar-refractivity contribution in [2.45, 2.75) is 20.0 Å². The van der Waals surface area contributed by atoms with Gasteiger partial charge in [-0.15, -0.1) is 0 Å². The maximum atomic E-state index is 13.3. The Morgan fingerprint density at radius 1 is 0.886 bits per heavy atom. The van der Waals surface area contributed by atoms with Gasteiger partial charge in [0.15, 0.2) is 0 Å². The Morgan fingerprint density at radius 3 is 2.23 bits per heavy atom. The van der Waals surface area contributed by atoms with Gasteiger partial charge < -0.3 is 4.57 Å². The molecular weight excluding hydrogens is 464 g/mol. The molecule has 5 aromatic rings. The summed E-state index contributed by atoms with van der Waals surface area (Å²) in [5.41, 5.74) is 3.60. The van der Waals surface area contributed by atoms with Crippen LogP contribution in [0.1, 0.15) is 11.3 Å². The number of hydrogen-bond acceptors (Lipinski definition) is 5. The summed E-state index contributed by atoms with van der Waals surface area (Å²) in [7, 11) is -2.82. The van der Waals surface area contributed by atoms with Gasteiger partial charge in [0.25, 0.3) is 11.5 Å². The van der Waals surface area contributed by atoms with E-state index in [9.17, 15) is 18.0 Å². The number of aromatic nitrogens is 3. The maximum Gasteiger partial charge on any atom is 0.319 e. The van der Waals surface area contributed by atoms with Crippen molar-refractivity contribution in [1.29, 1.82) is 0 Å². The van der Waals surface area contributed by atoms with E-state index in [1.807, 2.05) is 79.7 Å². The van der Waals surface area contributed by atoms with E-state index in [4.69, 9.17) is 5.10 Å². The number of benzene rings is 3. The molecule has 0 unspecified atom stereocenters. The van der Waals surface area contributed by atoms with Crippen LogP contribution >= 0.6 is 0 Å². The van der Waals surface area contributed by atoms with Crippen molar-refractivity contribution < 1.29 is 13.2 Å². The van der Waals surface area contributed by atoms with Gasteiger partial charge >= 0.3 is 10.5 Å². The van der Waals surface area contributed by atoms with Gasteiger partial charge in [0.05, 0.1) is 11.9 Å². The zero-order valence-electron chi connectivity index (χ0n) is 18.7. The lowest BCUT2D eigenvalue weighted by molar-refractivity contribution is -0.118. The molecule has 8 nitrogen and oxygen atoms in total. The molecule has 0 N–H and O–H groups in total. The number of carbonyl (C=O) groups is 1. The van der Waals surface area contributed by atoms with E-state index in [1.54, 1.807) is 10.6 Å². The molecule has 0 saturated heterocycles. The SMILES string of the molecule is Cc1c(-c2nn(Cc3ccccc3)c(=O)c3ccccc23)c2ccccc2n1CC(=O)N=S(=O)=O. The molecular formula is C26H20N4O4S. The maximum absolute atomic E-state index is 13.3. The van der Waals surface area contributed by atoms with Crippen molar-refractivity contribution in [2.24, 2.45) is 4.36 Å². The van der Waals surface area contributed by atoms with Crippen LogP contribution in [0.15, 0.2) is 88.0 Å². The zero-order valence-corrected chi connectivity index (χ0v) is 19.6. The smallest absolute Gasteiger partial charge is 0.319 e. The van der Waals surface area contributed by atoms with Crippen molar-refractivity contribution in [2.75, 3.05) is 0 Å². The topological polar surface area (TPSA) is 103 Å². The summed E-state index contributed by atoms with van der Waals surface area (Å²) >= 11 is 0. The van der Waals surface area contributed by atoms with Crippen molar-refractivity contribution in [3.63, 3.8) is 0 Å². The van der Waals surface area contributed by atoms with E-state index in [0.717, 1.165) is 22.0 Å². The average Bonchev–Trinajstić information content (AvgIpc) is 3.12. The normalized spacial score (nSPS) is 11.1. The molecule has 2 aromatic heterocycles. The first-order valence-electron chi connectivity index (χ1n) is 10.9. The highest BCUT2D eigenvalue weighted by atomic mass is 32.2. The fourth-order valence-corrected chi connectivity index (χ4v) is 4.69. The van der Waals surface area contributed by atoms with Gasteiger partial charge in [0.1, 0.15) is 12.2 Å². The van der Waals surface area contributed by atoms with Crippen molar-refractivity contribution in [3.05, 3.63) is 100 Å². The van der Waals surface area contributed by atoms with Crippen LogP contribution in [0.2, 0.25) is 0 Å². The lowest BCUT2D eigenvalue weighted by atomic mass is 10.0. The molecule has 9 heteroatoms. The first kappa shape index (κ1) is 22.4. The quantitative estimate of drug-likeness (QED) is 0.376. The number of fused-ring (bicyclic) bond motifs is 2. The van der Waals surface area contributed by atoms with Crippen LogP contribution < -0.4 is 5.56 Å². The van der Waals surface area contributed by atoms with Gasteiger partial charge in [-0.25, -0.2) is 4.68 Å². The molecule has 5 rings (SSSR count). The second-order valence-electron chi connectivity index (χ2n) is 8.11. The number of para-hydroxylation sites is 1. The molecule has 0 bridgehead atoms. The monoisotopic (exact) mass is 484 g/mol. The van der Waals surface area contributed by atoms with E-state index < -0.39 is 16.4 Å². The molecule has 35 heavy (non-hydrogen) atoms. The fraction of sp³-hybridized carbons (Fsp3) is 0.115. The van der Waals surface area contributed by atoms with Gasteiger partial charge in [-0.1, -0.05) is 71.1 Å². The van der Waals surface area contributed by atoms with Gasteiger partial charge in [-0.2, -0.15) is 13.5 Å². The highest BCUT2D eigenvalue weighted by molar-refractivity contribution is 7.62. The molecule has 0 aliphatic carbocycles. The third kappa shape index (κ3) is 4.17. The summed E-state index contributed by atoms with van der Waals surface area (Å²) in [5.74, 6) is -0.777. The summed E-state index contributed by atoms with van der Waals surface area (Å²) in [5, 5.41) is 6.88. The summed E-state index contributed by atoms with van der Waals surface area (Å²) in [6, 6.07) is 24.4. The van der Waals surface area contributed by atoms with Crippen LogP contribution in [0.3, 0.4) is 0 Å². The van der Waals surface area contributed by atoms with Crippen molar-refractivity contribution >= 4 is 38.1 Å². The summed E-state index contributed by atoms with van der Waals surface area (Å²) in [4.78, 5) is 25.5. The number of carbonyl (C=O) groups excluding carboxylic acids is 1. The first-order chi connectivity index (χ1) is 16.9. The van der Waals surface area contributed by atoms with Crippen LogP contribution in [0.4, 0.5) is 0 Å². The number of hydrogen-bond donors (Lipinski definition) is 0. The van der Waals surface area contributed by atoms with E-state index >= 15 is 0 Å². The van der Waals surface area contributed by atoms with Crippen LogP contribution in [0.5, 0.6) is 0 Å². The van der Waals surface area contributed by atoms with Gasteiger partial charge in [0, 0.05) is 27.5 Å².